The van der Waals surface area contributed by atoms with Gasteiger partial charge in [0, 0.05) is 18.5 Å². The molecule has 0 aliphatic carbocycles. The summed E-state index contributed by atoms with van der Waals surface area (Å²) >= 11 is 0. The number of nitriles is 1. The molecule has 0 aromatic heterocycles. The summed E-state index contributed by atoms with van der Waals surface area (Å²) in [5, 5.41) is 8.67. The average molecular weight is 178 g/mol. The summed E-state index contributed by atoms with van der Waals surface area (Å²) in [6.45, 7) is 3.46. The third-order valence-electron chi connectivity index (χ3n) is 3.73. The van der Waals surface area contributed by atoms with Crippen LogP contribution in [-0.4, -0.2) is 23.5 Å². The molecule has 0 aromatic rings. The van der Waals surface area contributed by atoms with Crippen LogP contribution < -0.4 is 0 Å². The van der Waals surface area contributed by atoms with Gasteiger partial charge in [-0.15, -0.1) is 0 Å². The van der Waals surface area contributed by atoms with E-state index in [1.807, 2.05) is 0 Å². The minimum Gasteiger partial charge on any atom is -0.298 e. The van der Waals surface area contributed by atoms with Gasteiger partial charge in [0.2, 0.25) is 0 Å². The Balaban J connectivity index is 1.98. The molecule has 2 heterocycles. The molecule has 2 heteroatoms. The number of piperidine rings is 1. The number of fused-ring (bicyclic) bond motifs is 2. The van der Waals surface area contributed by atoms with Crippen molar-refractivity contribution < 1.29 is 0 Å². The number of hydrogen-bond donors (Lipinski definition) is 0. The Bertz CT molecular complexity index is 205. The summed E-state index contributed by atoms with van der Waals surface area (Å²) in [5.41, 5.74) is 0. The SMILES string of the molecule is CCN1C2CCC1CC(CC#N)C2. The van der Waals surface area contributed by atoms with Crippen LogP contribution in [0.4, 0.5) is 0 Å². The van der Waals surface area contributed by atoms with E-state index in [-0.39, 0.29) is 0 Å². The van der Waals surface area contributed by atoms with Crippen molar-refractivity contribution in [2.24, 2.45) is 5.92 Å². The molecule has 2 aliphatic rings. The predicted octanol–water partition coefficient (Wildman–Crippen LogP) is 2.16. The molecule has 0 radical (unpaired) electrons. The molecular weight excluding hydrogens is 160 g/mol. The van der Waals surface area contributed by atoms with E-state index < -0.39 is 0 Å². The van der Waals surface area contributed by atoms with Gasteiger partial charge in [0.05, 0.1) is 6.07 Å². The van der Waals surface area contributed by atoms with Crippen LogP contribution in [0.2, 0.25) is 0 Å². The van der Waals surface area contributed by atoms with E-state index in [1.54, 1.807) is 0 Å². The van der Waals surface area contributed by atoms with Gasteiger partial charge in [0.1, 0.15) is 0 Å². The van der Waals surface area contributed by atoms with Gasteiger partial charge in [-0.1, -0.05) is 6.92 Å². The third kappa shape index (κ3) is 1.58. The van der Waals surface area contributed by atoms with Gasteiger partial charge >= 0.3 is 0 Å². The lowest BCUT2D eigenvalue weighted by molar-refractivity contribution is 0.112. The van der Waals surface area contributed by atoms with Gasteiger partial charge in [-0.05, 0) is 38.1 Å². The zero-order valence-corrected chi connectivity index (χ0v) is 8.37. The van der Waals surface area contributed by atoms with Crippen LogP contribution in [0.25, 0.3) is 0 Å². The first kappa shape index (κ1) is 9.02. The number of rotatable bonds is 2. The summed E-state index contributed by atoms with van der Waals surface area (Å²) in [5.74, 6) is 0.699. The van der Waals surface area contributed by atoms with E-state index in [1.165, 1.54) is 32.2 Å². The van der Waals surface area contributed by atoms with Crippen molar-refractivity contribution in [3.05, 3.63) is 0 Å². The van der Waals surface area contributed by atoms with Crippen LogP contribution in [0.3, 0.4) is 0 Å². The molecular formula is C11H18N2. The van der Waals surface area contributed by atoms with Gasteiger partial charge in [0.15, 0.2) is 0 Å². The molecule has 0 saturated carbocycles. The fourth-order valence-corrected chi connectivity index (χ4v) is 3.20. The highest BCUT2D eigenvalue weighted by atomic mass is 15.2. The van der Waals surface area contributed by atoms with Crippen molar-refractivity contribution in [1.82, 2.24) is 4.90 Å². The maximum Gasteiger partial charge on any atom is 0.0624 e. The van der Waals surface area contributed by atoms with Gasteiger partial charge in [0.25, 0.3) is 0 Å². The Labute approximate surface area is 80.5 Å². The van der Waals surface area contributed by atoms with Crippen molar-refractivity contribution in [2.75, 3.05) is 6.54 Å². The van der Waals surface area contributed by atoms with Crippen molar-refractivity contribution >= 4 is 0 Å². The molecule has 2 nitrogen and oxygen atoms in total. The fourth-order valence-electron chi connectivity index (χ4n) is 3.20. The molecule has 2 unspecified atom stereocenters. The average Bonchev–Trinajstić information content (AvgIpc) is 2.37. The lowest BCUT2D eigenvalue weighted by Crippen LogP contribution is -2.42. The second-order valence-corrected chi connectivity index (χ2v) is 4.42. The van der Waals surface area contributed by atoms with Crippen LogP contribution >= 0.6 is 0 Å². The standard InChI is InChI=1S/C11H18N2/c1-2-13-10-3-4-11(13)8-9(7-10)5-6-12/h9-11H,2-5,7-8H2,1H3. The van der Waals surface area contributed by atoms with Crippen LogP contribution in [0.15, 0.2) is 0 Å². The molecule has 13 heavy (non-hydrogen) atoms. The summed E-state index contributed by atoms with van der Waals surface area (Å²) in [6, 6.07) is 3.94. The first-order valence-corrected chi connectivity index (χ1v) is 5.47. The van der Waals surface area contributed by atoms with Crippen LogP contribution in [0.1, 0.15) is 39.0 Å². The van der Waals surface area contributed by atoms with Crippen LogP contribution in [0.5, 0.6) is 0 Å². The second-order valence-electron chi connectivity index (χ2n) is 4.42. The summed E-state index contributed by atoms with van der Waals surface area (Å²) < 4.78 is 0. The molecule has 2 fully saturated rings. The largest absolute Gasteiger partial charge is 0.298 e. The Kier molecular flexibility index (Phi) is 2.55. The van der Waals surface area contributed by atoms with Crippen LogP contribution in [0, 0.1) is 17.2 Å². The van der Waals surface area contributed by atoms with E-state index in [0.717, 1.165) is 18.5 Å². The Hall–Kier alpha value is -0.550. The van der Waals surface area contributed by atoms with E-state index in [4.69, 9.17) is 5.26 Å². The summed E-state index contributed by atoms with van der Waals surface area (Å²) in [7, 11) is 0. The molecule has 2 bridgehead atoms. The maximum atomic E-state index is 8.67. The first-order valence-electron chi connectivity index (χ1n) is 5.47. The molecule has 2 aliphatic heterocycles. The van der Waals surface area contributed by atoms with E-state index >= 15 is 0 Å². The van der Waals surface area contributed by atoms with E-state index in [2.05, 4.69) is 17.9 Å². The Morgan fingerprint density at radius 1 is 1.31 bits per heavy atom. The monoisotopic (exact) mass is 178 g/mol. The molecule has 0 spiro atoms. The highest BCUT2D eigenvalue weighted by molar-refractivity contribution is 4.96. The fraction of sp³-hybridized carbons (Fsp3) is 0.909. The zero-order chi connectivity index (χ0) is 9.26. The minimum atomic E-state index is 0.699. The quantitative estimate of drug-likeness (QED) is 0.648. The first-order chi connectivity index (χ1) is 6.35. The van der Waals surface area contributed by atoms with Gasteiger partial charge in [-0.25, -0.2) is 0 Å². The summed E-state index contributed by atoms with van der Waals surface area (Å²) in [4.78, 5) is 2.65. The Morgan fingerprint density at radius 2 is 1.92 bits per heavy atom. The molecule has 72 valence electrons. The second kappa shape index (κ2) is 3.67. The normalized spacial score (nSPS) is 38.9. The van der Waals surface area contributed by atoms with Crippen LogP contribution in [-0.2, 0) is 0 Å². The lowest BCUT2D eigenvalue weighted by atomic mass is 9.89. The molecule has 0 aromatic carbocycles. The molecule has 2 rings (SSSR count). The highest BCUT2D eigenvalue weighted by Crippen LogP contribution is 2.39. The number of hydrogen-bond acceptors (Lipinski definition) is 2. The third-order valence-corrected chi connectivity index (χ3v) is 3.73. The van der Waals surface area contributed by atoms with Crippen molar-refractivity contribution in [2.45, 2.75) is 51.1 Å². The van der Waals surface area contributed by atoms with Gasteiger partial charge in [-0.3, -0.25) is 4.90 Å². The van der Waals surface area contributed by atoms with Crippen molar-refractivity contribution in [3.8, 4) is 6.07 Å². The zero-order valence-electron chi connectivity index (χ0n) is 8.37. The van der Waals surface area contributed by atoms with Gasteiger partial charge < -0.3 is 0 Å². The van der Waals surface area contributed by atoms with Crippen molar-refractivity contribution in [1.29, 1.82) is 5.26 Å². The maximum absolute atomic E-state index is 8.67. The number of nitrogens with zero attached hydrogens (tertiary/aromatic N) is 2. The lowest BCUT2D eigenvalue weighted by Gasteiger charge is -2.37. The predicted molar refractivity (Wildman–Crippen MR) is 52.1 cm³/mol. The molecule has 0 amide bonds. The summed E-state index contributed by atoms with van der Waals surface area (Å²) in [6.07, 6.45) is 6.08. The van der Waals surface area contributed by atoms with Crippen molar-refractivity contribution in [3.63, 3.8) is 0 Å². The molecule has 2 atom stereocenters. The van der Waals surface area contributed by atoms with E-state index in [0.29, 0.717) is 5.92 Å². The smallest absolute Gasteiger partial charge is 0.0624 e. The Morgan fingerprint density at radius 3 is 2.38 bits per heavy atom. The molecule has 2 saturated heterocycles. The van der Waals surface area contributed by atoms with Gasteiger partial charge in [-0.2, -0.15) is 5.26 Å². The van der Waals surface area contributed by atoms with E-state index in [9.17, 15) is 0 Å². The molecule has 0 N–H and O–H groups in total. The topological polar surface area (TPSA) is 27.0 Å². The highest BCUT2D eigenvalue weighted by Gasteiger charge is 2.39. The minimum absolute atomic E-state index is 0.699.